The Balaban J connectivity index is 1.45. The van der Waals surface area contributed by atoms with Gasteiger partial charge in [0, 0.05) is 6.20 Å². The zero-order valence-electron chi connectivity index (χ0n) is 22.7. The van der Waals surface area contributed by atoms with Gasteiger partial charge >= 0.3 is 12.0 Å². The second kappa shape index (κ2) is 12.3. The molecule has 3 amide bonds. The highest BCUT2D eigenvalue weighted by Crippen LogP contribution is 2.27. The normalized spacial score (nSPS) is 11.7. The summed E-state index contributed by atoms with van der Waals surface area (Å²) in [7, 11) is 1.49. The molecule has 2 aromatic carbocycles. The first-order chi connectivity index (χ1) is 19.1. The molecule has 4 aromatic rings. The van der Waals surface area contributed by atoms with Gasteiger partial charge in [0.25, 0.3) is 0 Å². The molecule has 2 heterocycles. The third kappa shape index (κ3) is 6.93. The fraction of sp³-hybridized carbons (Fsp3) is 0.276. The number of anilines is 2. The summed E-state index contributed by atoms with van der Waals surface area (Å²) in [6.07, 6.45) is 2.31. The highest BCUT2D eigenvalue weighted by atomic mass is 16.5. The molecule has 5 N–H and O–H groups in total. The molecule has 1 unspecified atom stereocenters. The van der Waals surface area contributed by atoms with Gasteiger partial charge in [-0.3, -0.25) is 10.1 Å². The predicted octanol–water partition coefficient (Wildman–Crippen LogP) is 5.06. The molecule has 0 saturated carbocycles. The van der Waals surface area contributed by atoms with Crippen LogP contribution in [0.2, 0.25) is 0 Å². The smallest absolute Gasteiger partial charge is 0.335 e. The Bertz CT molecular complexity index is 1550. The first-order valence-electron chi connectivity index (χ1n) is 12.8. The first-order valence-corrected chi connectivity index (χ1v) is 12.8. The van der Waals surface area contributed by atoms with E-state index < -0.39 is 18.0 Å². The van der Waals surface area contributed by atoms with Crippen LogP contribution in [0.3, 0.4) is 0 Å². The number of nitrogens with zero attached hydrogens (tertiary/aromatic N) is 2. The third-order valence-electron chi connectivity index (χ3n) is 6.24. The van der Waals surface area contributed by atoms with Crippen molar-refractivity contribution in [2.24, 2.45) is 5.92 Å². The van der Waals surface area contributed by atoms with Gasteiger partial charge in [-0.15, -0.1) is 0 Å². The maximum absolute atomic E-state index is 13.1. The van der Waals surface area contributed by atoms with Crippen LogP contribution in [0, 0.1) is 12.8 Å². The highest BCUT2D eigenvalue weighted by Gasteiger charge is 2.21. The number of hydrogen-bond donors (Lipinski definition) is 5. The molecule has 0 spiro atoms. The summed E-state index contributed by atoms with van der Waals surface area (Å²) >= 11 is 0. The summed E-state index contributed by atoms with van der Waals surface area (Å²) in [5, 5.41) is 17.8. The minimum atomic E-state index is -1.02. The molecule has 1 atom stereocenters. The lowest BCUT2D eigenvalue weighted by Crippen LogP contribution is -2.31. The monoisotopic (exact) mass is 544 g/mol. The van der Waals surface area contributed by atoms with Gasteiger partial charge in [0.1, 0.15) is 17.4 Å². The van der Waals surface area contributed by atoms with Crippen molar-refractivity contribution in [3.05, 3.63) is 77.2 Å². The zero-order chi connectivity index (χ0) is 28.8. The molecular weight excluding hydrogens is 512 g/mol. The molecule has 0 aliphatic heterocycles. The molecule has 11 heteroatoms. The van der Waals surface area contributed by atoms with E-state index in [-0.39, 0.29) is 23.8 Å². The van der Waals surface area contributed by atoms with E-state index in [1.807, 2.05) is 26.8 Å². The Morgan fingerprint density at radius 1 is 1.07 bits per heavy atom. The number of urea groups is 1. The predicted molar refractivity (Wildman–Crippen MR) is 152 cm³/mol. The van der Waals surface area contributed by atoms with E-state index in [0.717, 1.165) is 5.56 Å². The summed E-state index contributed by atoms with van der Waals surface area (Å²) in [6.45, 7) is 5.94. The highest BCUT2D eigenvalue weighted by molar-refractivity contribution is 6.00. The summed E-state index contributed by atoms with van der Waals surface area (Å²) < 4.78 is 5.46. The number of imidazole rings is 1. The van der Waals surface area contributed by atoms with Crippen molar-refractivity contribution in [2.75, 3.05) is 17.7 Å². The van der Waals surface area contributed by atoms with Gasteiger partial charge in [0.15, 0.2) is 0 Å². The molecule has 0 saturated heterocycles. The first kappa shape index (κ1) is 28.1. The van der Waals surface area contributed by atoms with Crippen LogP contribution in [0.4, 0.5) is 16.3 Å². The number of pyridine rings is 1. The quantitative estimate of drug-likeness (QED) is 0.187. The van der Waals surface area contributed by atoms with E-state index >= 15 is 0 Å². The number of carboxylic acid groups (broad SMARTS) is 1. The number of amides is 3. The zero-order valence-corrected chi connectivity index (χ0v) is 22.7. The number of aryl methyl sites for hydroxylation is 1. The van der Waals surface area contributed by atoms with Crippen LogP contribution in [-0.2, 0) is 11.2 Å². The average molecular weight is 545 g/mol. The summed E-state index contributed by atoms with van der Waals surface area (Å²) in [4.78, 5) is 48.8. The van der Waals surface area contributed by atoms with Gasteiger partial charge < -0.3 is 25.5 Å². The van der Waals surface area contributed by atoms with Crippen molar-refractivity contribution in [3.63, 3.8) is 0 Å². The summed E-state index contributed by atoms with van der Waals surface area (Å²) in [6, 6.07) is 12.6. The van der Waals surface area contributed by atoms with E-state index in [4.69, 9.17) is 4.74 Å². The van der Waals surface area contributed by atoms with Gasteiger partial charge in [-0.2, -0.15) is 0 Å². The van der Waals surface area contributed by atoms with Crippen LogP contribution < -0.4 is 20.7 Å². The minimum absolute atomic E-state index is 0.0773. The van der Waals surface area contributed by atoms with Crippen LogP contribution in [0.15, 0.2) is 54.7 Å². The van der Waals surface area contributed by atoms with Crippen LogP contribution in [-0.4, -0.2) is 45.1 Å². The Hall–Kier alpha value is -4.93. The lowest BCUT2D eigenvalue weighted by molar-refractivity contribution is -0.121. The molecular formula is C29H32N6O5. The minimum Gasteiger partial charge on any atom is -0.495 e. The third-order valence-corrected chi connectivity index (χ3v) is 6.24. The topological polar surface area (TPSA) is 158 Å². The second-order valence-corrected chi connectivity index (χ2v) is 9.87. The molecule has 0 aliphatic carbocycles. The molecule has 0 bridgehead atoms. The number of aromatic carboxylic acids is 1. The molecule has 11 nitrogen and oxygen atoms in total. The number of carbonyl (C=O) groups excluding carboxylic acids is 2. The number of rotatable bonds is 10. The number of H-pyrrole nitrogens is 1. The number of nitrogens with one attached hydrogen (secondary N) is 4. The standard InChI is InChI=1S/C29H32N6O5/c1-16(2)12-23(27-32-20-10-8-19(28(37)38)15-22(20)33-27)31-25(36)14-18-7-9-21(24(13-18)40-4)34-29(39)35-26-17(3)6-5-11-30-26/h5-11,13,15-16,23H,12,14H2,1-4H3,(H,31,36)(H,32,33)(H,37,38)(H2,30,34,35,39). The van der Waals surface area contributed by atoms with Crippen molar-refractivity contribution in [1.29, 1.82) is 0 Å². The van der Waals surface area contributed by atoms with Crippen molar-refractivity contribution in [2.45, 2.75) is 39.7 Å². The van der Waals surface area contributed by atoms with E-state index in [1.165, 1.54) is 19.2 Å². The number of benzene rings is 2. The van der Waals surface area contributed by atoms with E-state index in [2.05, 4.69) is 30.9 Å². The van der Waals surface area contributed by atoms with Crippen molar-refractivity contribution in [3.8, 4) is 5.75 Å². The van der Waals surface area contributed by atoms with Gasteiger partial charge in [-0.05, 0) is 66.8 Å². The van der Waals surface area contributed by atoms with Gasteiger partial charge in [-0.25, -0.2) is 19.6 Å². The van der Waals surface area contributed by atoms with Crippen molar-refractivity contribution < 1.29 is 24.2 Å². The lowest BCUT2D eigenvalue weighted by Gasteiger charge is -2.19. The van der Waals surface area contributed by atoms with Crippen molar-refractivity contribution in [1.82, 2.24) is 20.3 Å². The number of methoxy groups -OCH3 is 1. The number of aromatic nitrogens is 3. The Kier molecular flexibility index (Phi) is 8.63. The fourth-order valence-electron chi connectivity index (χ4n) is 4.30. The number of carboxylic acids is 1. The number of carbonyl (C=O) groups is 3. The molecule has 0 aliphatic rings. The average Bonchev–Trinajstić information content (AvgIpc) is 3.34. The molecule has 0 fully saturated rings. The maximum Gasteiger partial charge on any atom is 0.335 e. The van der Waals surface area contributed by atoms with Crippen LogP contribution in [0.1, 0.15) is 53.6 Å². The molecule has 208 valence electrons. The number of ether oxygens (including phenoxy) is 1. The molecule has 40 heavy (non-hydrogen) atoms. The van der Waals surface area contributed by atoms with Crippen LogP contribution in [0.25, 0.3) is 11.0 Å². The summed E-state index contributed by atoms with van der Waals surface area (Å²) in [5.41, 5.74) is 3.34. The van der Waals surface area contributed by atoms with E-state index in [1.54, 1.807) is 36.5 Å². The van der Waals surface area contributed by atoms with Gasteiger partial charge in [-0.1, -0.05) is 26.0 Å². The number of aromatic amines is 1. The Morgan fingerprint density at radius 3 is 2.58 bits per heavy atom. The molecule has 4 rings (SSSR count). The SMILES string of the molecule is COc1cc(CC(=O)NC(CC(C)C)c2nc3ccc(C(=O)O)cc3[nH]2)ccc1NC(=O)Nc1ncccc1C. The number of hydrogen-bond acceptors (Lipinski definition) is 6. The maximum atomic E-state index is 13.1. The summed E-state index contributed by atoms with van der Waals surface area (Å²) in [5.74, 6) is 0.443. The van der Waals surface area contributed by atoms with Gasteiger partial charge in [0.05, 0.1) is 41.9 Å². The Morgan fingerprint density at radius 2 is 1.88 bits per heavy atom. The molecule has 0 radical (unpaired) electrons. The second-order valence-electron chi connectivity index (χ2n) is 9.87. The number of fused-ring (bicyclic) bond motifs is 1. The lowest BCUT2D eigenvalue weighted by atomic mass is 10.0. The van der Waals surface area contributed by atoms with Crippen molar-refractivity contribution >= 4 is 40.4 Å². The van der Waals surface area contributed by atoms with Crippen LogP contribution >= 0.6 is 0 Å². The largest absolute Gasteiger partial charge is 0.495 e. The van der Waals surface area contributed by atoms with Crippen LogP contribution in [0.5, 0.6) is 5.75 Å². The van der Waals surface area contributed by atoms with Gasteiger partial charge in [0.2, 0.25) is 5.91 Å². The van der Waals surface area contributed by atoms with E-state index in [0.29, 0.717) is 46.1 Å². The van der Waals surface area contributed by atoms with E-state index in [9.17, 15) is 19.5 Å². The molecule has 2 aromatic heterocycles. The Labute approximate surface area is 231 Å². The fourth-order valence-corrected chi connectivity index (χ4v) is 4.30.